The van der Waals surface area contributed by atoms with Crippen molar-refractivity contribution in [3.63, 3.8) is 0 Å². The molecule has 2 N–H and O–H groups in total. The second-order valence-corrected chi connectivity index (χ2v) is 4.64. The number of benzene rings is 1. The van der Waals surface area contributed by atoms with Crippen molar-refractivity contribution in [3.05, 3.63) is 35.4 Å². The third kappa shape index (κ3) is 2.54. The van der Waals surface area contributed by atoms with Crippen molar-refractivity contribution in [1.82, 2.24) is 0 Å². The maximum absolute atomic E-state index is 11.9. The fourth-order valence-electron chi connectivity index (χ4n) is 2.45. The molecule has 0 saturated carbocycles. The second-order valence-electron chi connectivity index (χ2n) is 4.64. The van der Waals surface area contributed by atoms with E-state index >= 15 is 0 Å². The van der Waals surface area contributed by atoms with E-state index in [1.807, 2.05) is 24.3 Å². The number of methoxy groups -OCH3 is 1. The number of hydrogen-bond acceptors (Lipinski definition) is 4. The van der Waals surface area contributed by atoms with E-state index < -0.39 is 5.60 Å². The lowest BCUT2D eigenvalue weighted by atomic mass is 9.91. The van der Waals surface area contributed by atoms with E-state index in [1.165, 1.54) is 7.11 Å². The Labute approximate surface area is 107 Å². The molecule has 0 radical (unpaired) electrons. The minimum absolute atomic E-state index is 0.279. The van der Waals surface area contributed by atoms with Gasteiger partial charge in [0.2, 0.25) is 0 Å². The van der Waals surface area contributed by atoms with Gasteiger partial charge in [-0.25, -0.2) is 4.79 Å². The molecule has 0 aromatic heterocycles. The lowest BCUT2D eigenvalue weighted by molar-refractivity contribution is -0.163. The summed E-state index contributed by atoms with van der Waals surface area (Å²) in [7, 11) is 1.40. The Morgan fingerprint density at radius 3 is 2.89 bits per heavy atom. The molecule has 1 aliphatic heterocycles. The Morgan fingerprint density at radius 1 is 1.50 bits per heavy atom. The molecule has 1 atom stereocenters. The molecule has 4 nitrogen and oxygen atoms in total. The number of nitrogens with two attached hydrogens (primary N) is 1. The normalized spacial score (nSPS) is 23.0. The highest BCUT2D eigenvalue weighted by molar-refractivity contribution is 5.80. The average Bonchev–Trinajstić information content (AvgIpc) is 2.87. The first-order valence-corrected chi connectivity index (χ1v) is 6.20. The SMILES string of the molecule is COC(=O)C1(Cc2cccc(CN)c2)CCCO1. The third-order valence-corrected chi connectivity index (χ3v) is 3.38. The molecule has 2 rings (SSSR count). The first kappa shape index (κ1) is 13.1. The summed E-state index contributed by atoms with van der Waals surface area (Å²) in [6.07, 6.45) is 2.16. The predicted octanol–water partition coefficient (Wildman–Crippen LogP) is 1.41. The van der Waals surface area contributed by atoms with Gasteiger partial charge in [0.1, 0.15) is 0 Å². The Morgan fingerprint density at radius 2 is 2.28 bits per heavy atom. The molecule has 0 amide bonds. The molecule has 1 saturated heterocycles. The van der Waals surface area contributed by atoms with E-state index in [2.05, 4.69) is 0 Å². The second kappa shape index (κ2) is 5.50. The Bertz CT molecular complexity index is 425. The van der Waals surface area contributed by atoms with Crippen molar-refractivity contribution in [2.45, 2.75) is 31.4 Å². The van der Waals surface area contributed by atoms with Crippen molar-refractivity contribution in [2.24, 2.45) is 5.73 Å². The zero-order valence-corrected chi connectivity index (χ0v) is 10.6. The van der Waals surface area contributed by atoms with E-state index in [0.717, 1.165) is 17.5 Å². The summed E-state index contributed by atoms with van der Waals surface area (Å²) in [6.45, 7) is 1.12. The minimum Gasteiger partial charge on any atom is -0.467 e. The molecule has 1 unspecified atom stereocenters. The Hall–Kier alpha value is -1.39. The summed E-state index contributed by atoms with van der Waals surface area (Å²) in [5.41, 5.74) is 6.94. The first-order valence-electron chi connectivity index (χ1n) is 6.20. The maximum atomic E-state index is 11.9. The predicted molar refractivity (Wildman–Crippen MR) is 68.0 cm³/mol. The molecular weight excluding hydrogens is 230 g/mol. The van der Waals surface area contributed by atoms with Crippen LogP contribution in [0.4, 0.5) is 0 Å². The zero-order valence-electron chi connectivity index (χ0n) is 10.6. The van der Waals surface area contributed by atoms with Gasteiger partial charge in [0, 0.05) is 19.6 Å². The molecule has 0 bridgehead atoms. The quantitative estimate of drug-likeness (QED) is 0.820. The van der Waals surface area contributed by atoms with Crippen LogP contribution in [0.2, 0.25) is 0 Å². The summed E-state index contributed by atoms with van der Waals surface area (Å²) in [6, 6.07) is 7.94. The number of esters is 1. The monoisotopic (exact) mass is 249 g/mol. The third-order valence-electron chi connectivity index (χ3n) is 3.38. The van der Waals surface area contributed by atoms with Gasteiger partial charge in [-0.15, -0.1) is 0 Å². The van der Waals surface area contributed by atoms with Crippen LogP contribution in [0, 0.1) is 0 Å². The number of carbonyl (C=O) groups is 1. The maximum Gasteiger partial charge on any atom is 0.338 e. The van der Waals surface area contributed by atoms with E-state index in [4.69, 9.17) is 15.2 Å². The van der Waals surface area contributed by atoms with Gasteiger partial charge in [0.15, 0.2) is 5.60 Å². The summed E-state index contributed by atoms with van der Waals surface area (Å²) in [4.78, 5) is 11.9. The van der Waals surface area contributed by atoms with Gasteiger partial charge in [-0.3, -0.25) is 0 Å². The topological polar surface area (TPSA) is 61.5 Å². The average molecular weight is 249 g/mol. The molecule has 1 aliphatic rings. The fraction of sp³-hybridized carbons (Fsp3) is 0.500. The van der Waals surface area contributed by atoms with Gasteiger partial charge in [0.05, 0.1) is 7.11 Å². The summed E-state index contributed by atoms with van der Waals surface area (Å²) < 4.78 is 10.5. The highest BCUT2D eigenvalue weighted by Crippen LogP contribution is 2.31. The van der Waals surface area contributed by atoms with Crippen molar-refractivity contribution >= 4 is 5.97 Å². The highest BCUT2D eigenvalue weighted by atomic mass is 16.6. The van der Waals surface area contributed by atoms with Gasteiger partial charge in [-0.1, -0.05) is 24.3 Å². The van der Waals surface area contributed by atoms with E-state index in [-0.39, 0.29) is 5.97 Å². The molecule has 98 valence electrons. The van der Waals surface area contributed by atoms with E-state index in [1.54, 1.807) is 0 Å². The van der Waals surface area contributed by atoms with Crippen LogP contribution >= 0.6 is 0 Å². The van der Waals surface area contributed by atoms with Gasteiger partial charge < -0.3 is 15.2 Å². The van der Waals surface area contributed by atoms with Gasteiger partial charge >= 0.3 is 5.97 Å². The van der Waals surface area contributed by atoms with Crippen LogP contribution in [0.1, 0.15) is 24.0 Å². The molecular formula is C14H19NO3. The molecule has 1 heterocycles. The number of hydrogen-bond donors (Lipinski definition) is 1. The number of rotatable bonds is 4. The summed E-state index contributed by atoms with van der Waals surface area (Å²) >= 11 is 0. The zero-order chi connectivity index (χ0) is 13.0. The van der Waals surface area contributed by atoms with Crippen LogP contribution in [-0.4, -0.2) is 25.3 Å². The molecule has 1 aromatic carbocycles. The summed E-state index contributed by atoms with van der Waals surface area (Å²) in [5.74, 6) is -0.279. The van der Waals surface area contributed by atoms with Gasteiger partial charge in [-0.2, -0.15) is 0 Å². The van der Waals surface area contributed by atoms with Gasteiger partial charge in [0.25, 0.3) is 0 Å². The van der Waals surface area contributed by atoms with Crippen molar-refractivity contribution in [2.75, 3.05) is 13.7 Å². The van der Waals surface area contributed by atoms with Crippen molar-refractivity contribution in [1.29, 1.82) is 0 Å². The Balaban J connectivity index is 2.20. The first-order chi connectivity index (χ1) is 8.70. The number of carbonyl (C=O) groups excluding carboxylic acids is 1. The highest BCUT2D eigenvalue weighted by Gasteiger charge is 2.43. The minimum atomic E-state index is -0.804. The van der Waals surface area contributed by atoms with E-state index in [9.17, 15) is 4.79 Å². The van der Waals surface area contributed by atoms with Crippen LogP contribution in [0.15, 0.2) is 24.3 Å². The largest absolute Gasteiger partial charge is 0.467 e. The molecule has 18 heavy (non-hydrogen) atoms. The lowest BCUT2D eigenvalue weighted by Crippen LogP contribution is -2.41. The molecule has 1 aromatic rings. The standard InChI is InChI=1S/C14H19NO3/c1-17-13(16)14(6-3-7-18-14)9-11-4-2-5-12(8-11)10-15/h2,4-5,8H,3,6-7,9-10,15H2,1H3. The van der Waals surface area contributed by atoms with Crippen LogP contribution in [0.3, 0.4) is 0 Å². The van der Waals surface area contributed by atoms with Crippen LogP contribution in [-0.2, 0) is 27.2 Å². The van der Waals surface area contributed by atoms with E-state index in [0.29, 0.717) is 26.0 Å². The van der Waals surface area contributed by atoms with Gasteiger partial charge in [-0.05, 0) is 24.0 Å². The lowest BCUT2D eigenvalue weighted by Gasteiger charge is -2.25. The van der Waals surface area contributed by atoms with Crippen LogP contribution < -0.4 is 5.73 Å². The Kier molecular flexibility index (Phi) is 3.99. The van der Waals surface area contributed by atoms with Crippen LogP contribution in [0.5, 0.6) is 0 Å². The summed E-state index contributed by atoms with van der Waals surface area (Å²) in [5, 5.41) is 0. The van der Waals surface area contributed by atoms with Crippen molar-refractivity contribution in [3.8, 4) is 0 Å². The molecule has 1 fully saturated rings. The molecule has 4 heteroatoms. The van der Waals surface area contributed by atoms with Crippen molar-refractivity contribution < 1.29 is 14.3 Å². The fourth-order valence-corrected chi connectivity index (χ4v) is 2.45. The molecule has 0 aliphatic carbocycles. The van der Waals surface area contributed by atoms with Crippen LogP contribution in [0.25, 0.3) is 0 Å². The smallest absolute Gasteiger partial charge is 0.338 e. The number of ether oxygens (including phenoxy) is 2. The molecule has 0 spiro atoms.